The highest BCUT2D eigenvalue weighted by Crippen LogP contribution is 2.38. The number of ether oxygens (including phenoxy) is 3. The Hall–Kier alpha value is -3.33. The van der Waals surface area contributed by atoms with Crippen LogP contribution in [0, 0.1) is 0 Å². The lowest BCUT2D eigenvalue weighted by molar-refractivity contribution is -0.142. The summed E-state index contributed by atoms with van der Waals surface area (Å²) in [6.45, 7) is -0.296. The fourth-order valence-electron chi connectivity index (χ4n) is 3.28. The van der Waals surface area contributed by atoms with E-state index in [-0.39, 0.29) is 6.79 Å². The lowest BCUT2D eigenvalue weighted by Crippen LogP contribution is -2.22. The number of rotatable bonds is 6. The molecule has 1 aliphatic carbocycles. The molecule has 150 valence electrons. The Morgan fingerprint density at radius 2 is 2.03 bits per heavy atom. The van der Waals surface area contributed by atoms with E-state index in [2.05, 4.69) is 5.32 Å². The lowest BCUT2D eigenvalue weighted by Gasteiger charge is -2.06. The molecular weight excluding hydrogens is 396 g/mol. The molecule has 0 spiro atoms. The molecule has 1 aromatic carbocycles. The molecule has 0 saturated carbocycles. The molecule has 0 unspecified atom stereocenters. The van der Waals surface area contributed by atoms with Crippen LogP contribution in [0.25, 0.3) is 6.08 Å². The van der Waals surface area contributed by atoms with Crippen LogP contribution in [0.1, 0.15) is 32.8 Å². The molecule has 0 radical (unpaired) electrons. The summed E-state index contributed by atoms with van der Waals surface area (Å²) in [4.78, 5) is 36.8. The normalized spacial score (nSPS) is 14.1. The van der Waals surface area contributed by atoms with Crippen LogP contribution in [0.5, 0.6) is 11.5 Å². The first-order valence-electron chi connectivity index (χ1n) is 9.00. The number of nitrogens with two attached hydrogens (primary N) is 1. The largest absolute Gasteiger partial charge is 0.454 e. The SMILES string of the molecule is NC(=O)c1c(NC(=O)COC(=O)C=Cc2ccc3c(c2)OCO3)sc2c1CCC2. The van der Waals surface area contributed by atoms with Crippen molar-refractivity contribution in [2.24, 2.45) is 5.73 Å². The maximum Gasteiger partial charge on any atom is 0.331 e. The van der Waals surface area contributed by atoms with Crippen LogP contribution in [0.2, 0.25) is 0 Å². The van der Waals surface area contributed by atoms with Crippen LogP contribution in [0.4, 0.5) is 5.00 Å². The smallest absolute Gasteiger partial charge is 0.331 e. The Balaban J connectivity index is 1.32. The summed E-state index contributed by atoms with van der Waals surface area (Å²) in [5, 5.41) is 3.04. The molecule has 2 aliphatic rings. The number of carbonyl (C=O) groups excluding carboxylic acids is 3. The summed E-state index contributed by atoms with van der Waals surface area (Å²) in [5.74, 6) is -0.508. The van der Waals surface area contributed by atoms with E-state index in [1.807, 2.05) is 0 Å². The van der Waals surface area contributed by atoms with Gasteiger partial charge < -0.3 is 25.3 Å². The molecule has 2 aromatic rings. The topological polar surface area (TPSA) is 117 Å². The van der Waals surface area contributed by atoms with Gasteiger partial charge in [-0.2, -0.15) is 0 Å². The number of esters is 1. The van der Waals surface area contributed by atoms with E-state index in [1.165, 1.54) is 17.4 Å². The van der Waals surface area contributed by atoms with Gasteiger partial charge in [-0.3, -0.25) is 9.59 Å². The van der Waals surface area contributed by atoms with Crippen LogP contribution in [0.3, 0.4) is 0 Å². The monoisotopic (exact) mass is 414 g/mol. The minimum absolute atomic E-state index is 0.171. The lowest BCUT2D eigenvalue weighted by atomic mass is 10.1. The van der Waals surface area contributed by atoms with Gasteiger partial charge in [-0.1, -0.05) is 6.07 Å². The van der Waals surface area contributed by atoms with Crippen molar-refractivity contribution in [1.29, 1.82) is 0 Å². The Bertz CT molecular complexity index is 1030. The number of carbonyl (C=O) groups is 3. The Kier molecular flexibility index (Phi) is 5.22. The molecule has 0 bridgehead atoms. The zero-order chi connectivity index (χ0) is 20.4. The number of aryl methyl sites for hydroxylation is 1. The molecule has 2 heterocycles. The average Bonchev–Trinajstić information content (AvgIpc) is 3.39. The van der Waals surface area contributed by atoms with Gasteiger partial charge in [0.2, 0.25) is 6.79 Å². The molecule has 0 atom stereocenters. The van der Waals surface area contributed by atoms with Crippen molar-refractivity contribution >= 4 is 40.2 Å². The zero-order valence-corrected chi connectivity index (χ0v) is 16.2. The molecule has 0 saturated heterocycles. The van der Waals surface area contributed by atoms with Gasteiger partial charge in [-0.15, -0.1) is 11.3 Å². The fraction of sp³-hybridized carbons (Fsp3) is 0.250. The Morgan fingerprint density at radius 1 is 1.21 bits per heavy atom. The van der Waals surface area contributed by atoms with E-state index in [1.54, 1.807) is 24.3 Å². The van der Waals surface area contributed by atoms with Crippen molar-refractivity contribution in [3.63, 3.8) is 0 Å². The van der Waals surface area contributed by atoms with E-state index < -0.39 is 24.4 Å². The van der Waals surface area contributed by atoms with Crippen molar-refractivity contribution in [1.82, 2.24) is 0 Å². The van der Waals surface area contributed by atoms with E-state index in [9.17, 15) is 14.4 Å². The molecule has 1 aromatic heterocycles. The van der Waals surface area contributed by atoms with Crippen LogP contribution in [-0.4, -0.2) is 31.2 Å². The van der Waals surface area contributed by atoms with Gasteiger partial charge in [0.05, 0.1) is 5.56 Å². The first kappa shape index (κ1) is 19.0. The number of fused-ring (bicyclic) bond motifs is 2. The Labute approximate surface area is 170 Å². The predicted octanol–water partition coefficient (Wildman–Crippen LogP) is 2.26. The number of nitrogens with one attached hydrogen (secondary N) is 1. The predicted molar refractivity (Wildman–Crippen MR) is 106 cm³/mol. The third kappa shape index (κ3) is 4.09. The van der Waals surface area contributed by atoms with Crippen LogP contribution in [-0.2, 0) is 27.2 Å². The van der Waals surface area contributed by atoms with Gasteiger partial charge in [0.25, 0.3) is 11.8 Å². The van der Waals surface area contributed by atoms with Crippen molar-refractivity contribution in [3.05, 3.63) is 45.8 Å². The van der Waals surface area contributed by atoms with E-state index in [0.29, 0.717) is 22.1 Å². The third-order valence-corrected chi connectivity index (χ3v) is 5.78. The summed E-state index contributed by atoms with van der Waals surface area (Å²) in [6, 6.07) is 5.25. The summed E-state index contributed by atoms with van der Waals surface area (Å²) in [7, 11) is 0. The van der Waals surface area contributed by atoms with E-state index in [4.69, 9.17) is 19.9 Å². The van der Waals surface area contributed by atoms with E-state index >= 15 is 0 Å². The van der Waals surface area contributed by atoms with Crippen LogP contribution >= 0.6 is 11.3 Å². The average molecular weight is 414 g/mol. The van der Waals surface area contributed by atoms with Crippen molar-refractivity contribution in [2.45, 2.75) is 19.3 Å². The number of thiophene rings is 1. The number of primary amides is 1. The second-order valence-corrected chi connectivity index (χ2v) is 7.63. The second-order valence-electron chi connectivity index (χ2n) is 6.53. The fourth-order valence-corrected chi connectivity index (χ4v) is 4.59. The van der Waals surface area contributed by atoms with Gasteiger partial charge in [-0.05, 0) is 48.6 Å². The molecule has 29 heavy (non-hydrogen) atoms. The highest BCUT2D eigenvalue weighted by atomic mass is 32.1. The van der Waals surface area contributed by atoms with E-state index in [0.717, 1.165) is 35.3 Å². The summed E-state index contributed by atoms with van der Waals surface area (Å²) < 4.78 is 15.5. The quantitative estimate of drug-likeness (QED) is 0.553. The molecule has 3 N–H and O–H groups in total. The molecular formula is C20H18N2O6S. The van der Waals surface area contributed by atoms with Crippen molar-refractivity contribution in [3.8, 4) is 11.5 Å². The summed E-state index contributed by atoms with van der Waals surface area (Å²) in [5.41, 5.74) is 7.48. The molecule has 0 fully saturated rings. The minimum Gasteiger partial charge on any atom is -0.454 e. The molecule has 1 aliphatic heterocycles. The molecule has 8 nitrogen and oxygen atoms in total. The minimum atomic E-state index is -0.665. The first-order chi connectivity index (χ1) is 14.0. The van der Waals surface area contributed by atoms with Crippen molar-refractivity contribution < 1.29 is 28.6 Å². The number of amides is 2. The number of hydrogen-bond donors (Lipinski definition) is 2. The Morgan fingerprint density at radius 3 is 2.86 bits per heavy atom. The number of benzene rings is 1. The first-order valence-corrected chi connectivity index (χ1v) is 9.81. The van der Waals surface area contributed by atoms with Gasteiger partial charge in [0, 0.05) is 11.0 Å². The molecule has 2 amide bonds. The molecule has 9 heteroatoms. The standard InChI is InChI=1S/C20H18N2O6S/c21-19(25)18-12-2-1-3-15(12)29-20(18)22-16(23)9-26-17(24)7-5-11-4-6-13-14(8-11)28-10-27-13/h4-8H,1-3,9-10H2,(H2,21,25)(H,22,23). The number of anilines is 1. The second kappa shape index (κ2) is 7.96. The summed E-state index contributed by atoms with van der Waals surface area (Å²) in [6.07, 6.45) is 5.40. The zero-order valence-electron chi connectivity index (χ0n) is 15.4. The van der Waals surface area contributed by atoms with Gasteiger partial charge in [0.15, 0.2) is 18.1 Å². The van der Waals surface area contributed by atoms with Gasteiger partial charge in [-0.25, -0.2) is 4.79 Å². The highest BCUT2D eigenvalue weighted by Gasteiger charge is 2.26. The van der Waals surface area contributed by atoms with Crippen LogP contribution < -0.4 is 20.5 Å². The van der Waals surface area contributed by atoms with Gasteiger partial charge >= 0.3 is 5.97 Å². The summed E-state index contributed by atoms with van der Waals surface area (Å²) >= 11 is 1.35. The molecule has 4 rings (SSSR count). The van der Waals surface area contributed by atoms with Gasteiger partial charge in [0.1, 0.15) is 5.00 Å². The maximum atomic E-state index is 12.1. The highest BCUT2D eigenvalue weighted by molar-refractivity contribution is 7.17. The van der Waals surface area contributed by atoms with Crippen LogP contribution in [0.15, 0.2) is 24.3 Å². The number of hydrogen-bond acceptors (Lipinski definition) is 7. The van der Waals surface area contributed by atoms with Crippen molar-refractivity contribution in [2.75, 3.05) is 18.7 Å². The third-order valence-electron chi connectivity index (χ3n) is 4.57. The maximum absolute atomic E-state index is 12.1.